The average Bonchev–Trinajstić information content (AvgIpc) is 2.89. The zero-order chi connectivity index (χ0) is 14.5. The van der Waals surface area contributed by atoms with E-state index in [2.05, 4.69) is 10.8 Å². The predicted octanol–water partition coefficient (Wildman–Crippen LogP) is 2.73. The Morgan fingerprint density at radius 1 is 1.05 bits per heavy atom. The lowest BCUT2D eigenvalue weighted by Gasteiger charge is -2.16. The molecule has 0 aromatic heterocycles. The predicted molar refractivity (Wildman–Crippen MR) is 79.3 cm³/mol. The first kappa shape index (κ1) is 14.4. The summed E-state index contributed by atoms with van der Waals surface area (Å²) in [6, 6.07) is 5.65. The fourth-order valence-corrected chi connectivity index (χ4v) is 3.81. The molecule has 2 N–H and O–H groups in total. The molecule has 0 spiro atoms. The lowest BCUT2D eigenvalue weighted by atomic mass is 10.0. The van der Waals surface area contributed by atoms with E-state index in [0.29, 0.717) is 6.42 Å². The second kappa shape index (κ2) is 6.43. The number of hydrogen-bond acceptors (Lipinski definition) is 2. The third-order valence-corrected chi connectivity index (χ3v) is 4.98. The third-order valence-electron chi connectivity index (χ3n) is 3.00. The van der Waals surface area contributed by atoms with E-state index >= 15 is 0 Å². The second-order valence-corrected chi connectivity index (χ2v) is 6.41. The van der Waals surface area contributed by atoms with Crippen molar-refractivity contribution in [3.63, 3.8) is 0 Å². The first-order valence-corrected chi connectivity index (χ1v) is 7.73. The molecule has 1 aromatic rings. The minimum atomic E-state index is -0.871. The fraction of sp³-hybridized carbons (Fsp3) is 0.200. The van der Waals surface area contributed by atoms with E-state index in [1.165, 1.54) is 0 Å². The molecular weight excluding hydrogens is 276 g/mol. The monoisotopic (exact) mass is 292 g/mol. The van der Waals surface area contributed by atoms with Gasteiger partial charge in [0.1, 0.15) is 0 Å². The highest BCUT2D eigenvalue weighted by atomic mass is 32.2. The van der Waals surface area contributed by atoms with Crippen molar-refractivity contribution in [3.8, 4) is 0 Å². The first-order chi connectivity index (χ1) is 9.56. The summed E-state index contributed by atoms with van der Waals surface area (Å²) in [7, 11) is -0.566. The maximum Gasteiger partial charge on any atom is 0.307 e. The summed E-state index contributed by atoms with van der Waals surface area (Å²) in [5.74, 6) is -1.72. The van der Waals surface area contributed by atoms with Gasteiger partial charge in [-0.3, -0.25) is 9.59 Å². The molecule has 0 unspecified atom stereocenters. The van der Waals surface area contributed by atoms with Gasteiger partial charge in [-0.25, -0.2) is 0 Å². The van der Waals surface area contributed by atoms with E-state index in [0.717, 1.165) is 16.0 Å². The highest BCUT2D eigenvalue weighted by Crippen LogP contribution is 2.44. The van der Waals surface area contributed by atoms with Gasteiger partial charge < -0.3 is 10.2 Å². The van der Waals surface area contributed by atoms with Gasteiger partial charge in [-0.2, -0.15) is 10.9 Å². The lowest BCUT2D eigenvalue weighted by Crippen LogP contribution is -2.04. The molecule has 0 amide bonds. The van der Waals surface area contributed by atoms with E-state index in [1.54, 1.807) is 0 Å². The number of thiol groups is 1. The normalized spacial score (nSPS) is 14.7. The molecular formula is C15H16O4S. The lowest BCUT2D eigenvalue weighted by molar-refractivity contribution is -0.137. The van der Waals surface area contributed by atoms with Crippen molar-refractivity contribution in [2.45, 2.75) is 24.2 Å². The Bertz CT molecular complexity index is 578. The number of carboxylic acids is 2. The van der Waals surface area contributed by atoms with E-state index in [9.17, 15) is 9.59 Å². The van der Waals surface area contributed by atoms with Gasteiger partial charge in [0.25, 0.3) is 0 Å². The van der Waals surface area contributed by atoms with Crippen LogP contribution in [0.15, 0.2) is 46.1 Å². The fourth-order valence-electron chi connectivity index (χ4n) is 2.10. The van der Waals surface area contributed by atoms with Crippen LogP contribution in [0.2, 0.25) is 0 Å². The Hall–Kier alpha value is -2.01. The second-order valence-electron chi connectivity index (χ2n) is 4.52. The quantitative estimate of drug-likeness (QED) is 0.705. The van der Waals surface area contributed by atoms with Crippen LogP contribution in [-0.4, -0.2) is 22.2 Å². The van der Waals surface area contributed by atoms with Crippen LogP contribution < -0.4 is 0 Å². The van der Waals surface area contributed by atoms with Crippen LogP contribution in [0, 0.1) is 0 Å². The Morgan fingerprint density at radius 2 is 1.75 bits per heavy atom. The topological polar surface area (TPSA) is 74.6 Å². The molecule has 2 rings (SSSR count). The summed E-state index contributed by atoms with van der Waals surface area (Å²) >= 11 is 0. The molecule has 106 valence electrons. The highest BCUT2D eigenvalue weighted by Gasteiger charge is 2.13. The molecule has 1 aromatic carbocycles. The standard InChI is InChI=1S/C15H16O4S/c16-14(17)6-4-11-3-5-13(20-7-1-2-8-20)12(9-11)10-15(18)19/h1-3,5,7-9,20H,4,6,10H2,(H,16,17)(H,18,19). The van der Waals surface area contributed by atoms with Crippen LogP contribution in [0.3, 0.4) is 0 Å². The molecule has 1 aliphatic rings. The van der Waals surface area contributed by atoms with Gasteiger partial charge in [0.15, 0.2) is 0 Å². The minimum absolute atomic E-state index is 0.0310. The average molecular weight is 292 g/mol. The number of carboxylic acid groups (broad SMARTS) is 2. The largest absolute Gasteiger partial charge is 0.481 e. The van der Waals surface area contributed by atoms with E-state index < -0.39 is 22.8 Å². The van der Waals surface area contributed by atoms with Gasteiger partial charge >= 0.3 is 11.9 Å². The van der Waals surface area contributed by atoms with Crippen molar-refractivity contribution >= 4 is 22.8 Å². The summed E-state index contributed by atoms with van der Waals surface area (Å²) in [6.07, 6.45) is 4.38. The molecule has 0 radical (unpaired) electrons. The summed E-state index contributed by atoms with van der Waals surface area (Å²) in [4.78, 5) is 22.6. The molecule has 4 nitrogen and oxygen atoms in total. The SMILES string of the molecule is O=C(O)CCc1ccc([SH]2C=CC=C2)c(CC(=O)O)c1. The van der Waals surface area contributed by atoms with Gasteiger partial charge in [0.2, 0.25) is 0 Å². The van der Waals surface area contributed by atoms with Crippen molar-refractivity contribution < 1.29 is 19.8 Å². The summed E-state index contributed by atoms with van der Waals surface area (Å²) in [5, 5.41) is 21.9. The van der Waals surface area contributed by atoms with E-state index in [-0.39, 0.29) is 12.8 Å². The number of carbonyl (C=O) groups is 2. The number of hydrogen-bond donors (Lipinski definition) is 3. The Kier molecular flexibility index (Phi) is 4.63. The number of aryl methyl sites for hydroxylation is 1. The van der Waals surface area contributed by atoms with Gasteiger partial charge in [-0.05, 0) is 39.3 Å². The molecule has 0 saturated heterocycles. The molecule has 0 atom stereocenters. The molecule has 1 heterocycles. The van der Waals surface area contributed by atoms with Gasteiger partial charge in [0.05, 0.1) is 6.42 Å². The molecule has 20 heavy (non-hydrogen) atoms. The van der Waals surface area contributed by atoms with Crippen molar-refractivity contribution in [3.05, 3.63) is 52.3 Å². The van der Waals surface area contributed by atoms with Crippen LogP contribution in [0.4, 0.5) is 0 Å². The van der Waals surface area contributed by atoms with Crippen molar-refractivity contribution in [1.29, 1.82) is 0 Å². The van der Waals surface area contributed by atoms with E-state index in [1.807, 2.05) is 30.4 Å². The molecule has 1 aliphatic heterocycles. The molecule has 5 heteroatoms. The van der Waals surface area contributed by atoms with Crippen LogP contribution in [0.5, 0.6) is 0 Å². The van der Waals surface area contributed by atoms with Gasteiger partial charge in [0, 0.05) is 6.42 Å². The molecule has 0 aliphatic carbocycles. The van der Waals surface area contributed by atoms with Crippen LogP contribution in [0.1, 0.15) is 17.5 Å². The Labute approximate surface area is 119 Å². The molecule has 0 saturated carbocycles. The summed E-state index contributed by atoms with van der Waals surface area (Å²) in [6.45, 7) is 0. The number of allylic oxidation sites excluding steroid dienone is 2. The minimum Gasteiger partial charge on any atom is -0.481 e. The number of benzene rings is 1. The van der Waals surface area contributed by atoms with Gasteiger partial charge in [-0.1, -0.05) is 24.3 Å². The number of aliphatic carboxylic acids is 2. The van der Waals surface area contributed by atoms with Crippen LogP contribution in [0.25, 0.3) is 0 Å². The van der Waals surface area contributed by atoms with E-state index in [4.69, 9.17) is 10.2 Å². The smallest absolute Gasteiger partial charge is 0.307 e. The summed E-state index contributed by atoms with van der Waals surface area (Å²) in [5.41, 5.74) is 1.65. The van der Waals surface area contributed by atoms with Crippen LogP contribution in [-0.2, 0) is 22.4 Å². The highest BCUT2D eigenvalue weighted by molar-refractivity contribution is 8.22. The van der Waals surface area contributed by atoms with Gasteiger partial charge in [-0.15, -0.1) is 0 Å². The number of rotatable bonds is 6. The zero-order valence-corrected chi connectivity index (χ0v) is 11.7. The Morgan fingerprint density at radius 3 is 2.35 bits per heavy atom. The summed E-state index contributed by atoms with van der Waals surface area (Å²) < 4.78 is 0. The van der Waals surface area contributed by atoms with Crippen LogP contribution >= 0.6 is 10.9 Å². The van der Waals surface area contributed by atoms with Crippen molar-refractivity contribution in [1.82, 2.24) is 0 Å². The zero-order valence-electron chi connectivity index (χ0n) is 10.8. The van der Waals surface area contributed by atoms with Crippen molar-refractivity contribution in [2.75, 3.05) is 0 Å². The third kappa shape index (κ3) is 3.74. The maximum atomic E-state index is 11.0. The van der Waals surface area contributed by atoms with Crippen molar-refractivity contribution in [2.24, 2.45) is 0 Å². The first-order valence-electron chi connectivity index (χ1n) is 6.25. The Balaban J connectivity index is 2.27. The maximum absolute atomic E-state index is 11.0. The molecule has 0 bridgehead atoms. The molecule has 0 fully saturated rings.